The van der Waals surface area contributed by atoms with E-state index >= 15 is 0 Å². The summed E-state index contributed by atoms with van der Waals surface area (Å²) in [5.41, 5.74) is 0.603. The third-order valence-electron chi connectivity index (χ3n) is 5.21. The quantitative estimate of drug-likeness (QED) is 0.588. The number of carbonyl (C=O) groups excluding carboxylic acids is 1. The van der Waals surface area contributed by atoms with Crippen LogP contribution in [0, 0.1) is 0 Å². The molecular formula is C21H21F3N4O4. The van der Waals surface area contributed by atoms with Crippen LogP contribution in [0.2, 0.25) is 0 Å². The summed E-state index contributed by atoms with van der Waals surface area (Å²) in [5.74, 6) is 0.916. The second-order valence-corrected chi connectivity index (χ2v) is 7.24. The Morgan fingerprint density at radius 2 is 2.03 bits per heavy atom. The lowest BCUT2D eigenvalue weighted by atomic mass is 10.0. The molecule has 0 spiro atoms. The van der Waals surface area contributed by atoms with Crippen molar-refractivity contribution in [3.05, 3.63) is 59.7 Å². The van der Waals surface area contributed by atoms with Gasteiger partial charge in [0.05, 0.1) is 26.5 Å². The van der Waals surface area contributed by atoms with Crippen LogP contribution >= 0.6 is 0 Å². The lowest BCUT2D eigenvalue weighted by molar-refractivity contribution is -0.174. The van der Waals surface area contributed by atoms with Gasteiger partial charge in [0.2, 0.25) is 0 Å². The minimum Gasteiger partial charge on any atom is -0.493 e. The highest BCUT2D eigenvalue weighted by molar-refractivity contribution is 5.93. The summed E-state index contributed by atoms with van der Waals surface area (Å²) in [4.78, 5) is 12.6. The molecule has 1 amide bonds. The molecule has 8 nitrogen and oxygen atoms in total. The highest BCUT2D eigenvalue weighted by atomic mass is 19.4. The van der Waals surface area contributed by atoms with E-state index in [2.05, 4.69) is 15.7 Å². The maximum atomic E-state index is 13.7. The first kappa shape index (κ1) is 21.6. The first-order valence-electron chi connectivity index (χ1n) is 9.75. The van der Waals surface area contributed by atoms with Crippen molar-refractivity contribution in [1.82, 2.24) is 15.1 Å². The second kappa shape index (κ2) is 8.48. The van der Waals surface area contributed by atoms with Crippen LogP contribution in [0.15, 0.2) is 47.1 Å². The molecule has 0 saturated heterocycles. The number of alkyl halides is 3. The topological polar surface area (TPSA) is 90.5 Å². The number of amides is 1. The van der Waals surface area contributed by atoms with Crippen molar-refractivity contribution in [2.45, 2.75) is 31.2 Å². The van der Waals surface area contributed by atoms with E-state index in [0.29, 0.717) is 17.3 Å². The molecule has 0 unspecified atom stereocenters. The number of fused-ring (bicyclic) bond motifs is 1. The number of benzene rings is 1. The monoisotopic (exact) mass is 450 g/mol. The molecule has 11 heteroatoms. The van der Waals surface area contributed by atoms with Gasteiger partial charge in [-0.05, 0) is 29.8 Å². The molecule has 32 heavy (non-hydrogen) atoms. The van der Waals surface area contributed by atoms with Crippen molar-refractivity contribution in [2.75, 3.05) is 19.5 Å². The number of carbonyl (C=O) groups is 1. The average Bonchev–Trinajstić information content (AvgIpc) is 3.45. The summed E-state index contributed by atoms with van der Waals surface area (Å²) in [6.07, 6.45) is -3.45. The lowest BCUT2D eigenvalue weighted by Crippen LogP contribution is -2.35. The van der Waals surface area contributed by atoms with E-state index in [9.17, 15) is 18.0 Å². The van der Waals surface area contributed by atoms with Gasteiger partial charge in [-0.3, -0.25) is 4.79 Å². The molecule has 0 aliphatic carbocycles. The smallest absolute Gasteiger partial charge is 0.410 e. The summed E-state index contributed by atoms with van der Waals surface area (Å²) in [6.45, 7) is 0.131. The molecule has 0 fully saturated rings. The molecule has 4 rings (SSSR count). The van der Waals surface area contributed by atoms with Crippen LogP contribution in [-0.2, 0) is 6.54 Å². The Morgan fingerprint density at radius 3 is 2.69 bits per heavy atom. The minimum absolute atomic E-state index is 0.0937. The largest absolute Gasteiger partial charge is 0.493 e. The molecule has 0 radical (unpaired) electrons. The third kappa shape index (κ3) is 4.23. The standard InChI is InChI=1S/C21H21F3N4O4/c1-30-16-6-5-12(8-17(16)31-2)11-25-20(29)14-10-19-26-13(15-4-3-7-32-15)9-18(21(22,23)24)28(19)27-14/h3-8,10,13,18,26H,9,11H2,1-2H3,(H,25,29)/t13-,18+/m0/s1. The molecule has 3 aromatic rings. The number of aromatic nitrogens is 2. The van der Waals surface area contributed by atoms with Gasteiger partial charge < -0.3 is 24.5 Å². The molecule has 170 valence electrons. The number of nitrogens with zero attached hydrogens (tertiary/aromatic N) is 2. The molecule has 2 N–H and O–H groups in total. The predicted octanol–water partition coefficient (Wildman–Crippen LogP) is 4.08. The SMILES string of the molecule is COc1ccc(CNC(=O)c2cc3n(n2)[C@@H](C(F)(F)F)C[C@@H](c2ccco2)N3)cc1OC. The van der Waals surface area contributed by atoms with Gasteiger partial charge in [-0.25, -0.2) is 4.68 Å². The number of hydrogen-bond acceptors (Lipinski definition) is 6. The van der Waals surface area contributed by atoms with Gasteiger partial charge in [0.1, 0.15) is 11.6 Å². The Hall–Kier alpha value is -3.63. The zero-order valence-corrected chi connectivity index (χ0v) is 17.3. The van der Waals surface area contributed by atoms with Crippen LogP contribution in [-0.4, -0.2) is 36.1 Å². The Labute approximate surface area is 181 Å². The summed E-state index contributed by atoms with van der Waals surface area (Å²) in [6, 6.07) is 7.08. The molecule has 1 aromatic carbocycles. The van der Waals surface area contributed by atoms with Gasteiger partial charge in [-0.1, -0.05) is 6.07 Å². The van der Waals surface area contributed by atoms with Gasteiger partial charge in [-0.2, -0.15) is 18.3 Å². The molecular weight excluding hydrogens is 429 g/mol. The predicted molar refractivity (Wildman–Crippen MR) is 108 cm³/mol. The normalized spacial score (nSPS) is 17.9. The molecule has 0 saturated carbocycles. The first-order valence-corrected chi connectivity index (χ1v) is 9.75. The molecule has 3 heterocycles. The number of hydrogen-bond donors (Lipinski definition) is 2. The van der Waals surface area contributed by atoms with E-state index < -0.39 is 24.2 Å². The van der Waals surface area contributed by atoms with Crippen LogP contribution < -0.4 is 20.1 Å². The summed E-state index contributed by atoms with van der Waals surface area (Å²) >= 11 is 0. The Kier molecular flexibility index (Phi) is 5.72. The Balaban J connectivity index is 1.53. The molecule has 1 aliphatic rings. The number of methoxy groups -OCH3 is 2. The van der Waals surface area contributed by atoms with Crippen molar-refractivity contribution in [2.24, 2.45) is 0 Å². The van der Waals surface area contributed by atoms with Gasteiger partial charge in [-0.15, -0.1) is 0 Å². The fourth-order valence-electron chi connectivity index (χ4n) is 3.62. The summed E-state index contributed by atoms with van der Waals surface area (Å²) in [7, 11) is 3.01. The van der Waals surface area contributed by atoms with E-state index in [-0.39, 0.29) is 24.5 Å². The number of anilines is 1. The van der Waals surface area contributed by atoms with Crippen LogP contribution in [0.3, 0.4) is 0 Å². The van der Waals surface area contributed by atoms with Crippen molar-refractivity contribution >= 4 is 11.7 Å². The van der Waals surface area contributed by atoms with E-state index in [0.717, 1.165) is 10.2 Å². The van der Waals surface area contributed by atoms with Crippen LogP contribution in [0.1, 0.15) is 40.3 Å². The zero-order valence-electron chi connectivity index (χ0n) is 17.3. The molecule has 1 aliphatic heterocycles. The lowest BCUT2D eigenvalue weighted by Gasteiger charge is -2.32. The van der Waals surface area contributed by atoms with Gasteiger partial charge in [0.15, 0.2) is 23.2 Å². The van der Waals surface area contributed by atoms with E-state index in [1.165, 1.54) is 26.5 Å². The van der Waals surface area contributed by atoms with Gasteiger partial charge >= 0.3 is 6.18 Å². The fourth-order valence-corrected chi connectivity index (χ4v) is 3.62. The Bertz CT molecular complexity index is 1100. The van der Waals surface area contributed by atoms with E-state index in [4.69, 9.17) is 13.9 Å². The maximum absolute atomic E-state index is 13.7. The summed E-state index contributed by atoms with van der Waals surface area (Å²) < 4.78 is 57.6. The number of nitrogens with one attached hydrogen (secondary N) is 2. The summed E-state index contributed by atoms with van der Waals surface area (Å²) in [5, 5.41) is 9.58. The van der Waals surface area contributed by atoms with Gasteiger partial charge in [0.25, 0.3) is 5.91 Å². The van der Waals surface area contributed by atoms with Gasteiger partial charge in [0, 0.05) is 19.0 Å². The van der Waals surface area contributed by atoms with Crippen LogP contribution in [0.5, 0.6) is 11.5 Å². The average molecular weight is 450 g/mol. The molecule has 0 bridgehead atoms. The molecule has 2 aromatic heterocycles. The zero-order chi connectivity index (χ0) is 22.9. The number of halogens is 3. The highest BCUT2D eigenvalue weighted by Gasteiger charge is 2.47. The number of furan rings is 1. The third-order valence-corrected chi connectivity index (χ3v) is 5.21. The van der Waals surface area contributed by atoms with Crippen molar-refractivity contribution in [3.63, 3.8) is 0 Å². The van der Waals surface area contributed by atoms with Crippen LogP contribution in [0.25, 0.3) is 0 Å². The highest BCUT2D eigenvalue weighted by Crippen LogP contribution is 2.43. The number of ether oxygens (including phenoxy) is 2. The van der Waals surface area contributed by atoms with E-state index in [1.54, 1.807) is 30.3 Å². The van der Waals surface area contributed by atoms with Crippen molar-refractivity contribution in [3.8, 4) is 11.5 Å². The van der Waals surface area contributed by atoms with Crippen LogP contribution in [0.4, 0.5) is 19.0 Å². The minimum atomic E-state index is -4.54. The van der Waals surface area contributed by atoms with E-state index in [1.807, 2.05) is 0 Å². The van der Waals surface area contributed by atoms with Crippen molar-refractivity contribution < 1.29 is 31.9 Å². The number of rotatable bonds is 6. The maximum Gasteiger partial charge on any atom is 0.410 e. The second-order valence-electron chi connectivity index (χ2n) is 7.24. The van der Waals surface area contributed by atoms with Crippen molar-refractivity contribution in [1.29, 1.82) is 0 Å². The molecule has 2 atom stereocenters. The fraction of sp³-hybridized carbons (Fsp3) is 0.333. The first-order chi connectivity index (χ1) is 15.3. The Morgan fingerprint density at radius 1 is 1.25 bits per heavy atom.